The molecule has 1 aromatic carbocycles. The summed E-state index contributed by atoms with van der Waals surface area (Å²) in [6, 6.07) is 10.1. The van der Waals surface area contributed by atoms with Crippen LogP contribution in [-0.4, -0.2) is 40.0 Å². The van der Waals surface area contributed by atoms with Gasteiger partial charge in [0.05, 0.1) is 4.88 Å². The summed E-state index contributed by atoms with van der Waals surface area (Å²) in [5, 5.41) is 23.8. The van der Waals surface area contributed by atoms with E-state index in [0.29, 0.717) is 11.8 Å². The third-order valence-corrected chi connectivity index (χ3v) is 6.62. The molecule has 1 aliphatic carbocycles. The van der Waals surface area contributed by atoms with E-state index in [9.17, 15) is 9.90 Å². The molecule has 0 spiro atoms. The molecule has 1 amide bonds. The largest absolute Gasteiger partial charge is 0.465 e. The van der Waals surface area contributed by atoms with Gasteiger partial charge in [-0.1, -0.05) is 6.07 Å². The Hall–Kier alpha value is -2.80. The highest BCUT2D eigenvalue weighted by molar-refractivity contribution is 7.12. The van der Waals surface area contributed by atoms with Crippen LogP contribution in [-0.2, 0) is 0 Å². The molecule has 6 nitrogen and oxygen atoms in total. The number of amides is 1. The third kappa shape index (κ3) is 3.62. The number of hydrogen-bond donors (Lipinski definition) is 4. The Kier molecular flexibility index (Phi) is 5.09. The fraction of sp³-hybridized carbons (Fsp3) is 0.333. The molecule has 1 saturated carbocycles. The van der Waals surface area contributed by atoms with E-state index >= 15 is 0 Å². The second-order valence-corrected chi connectivity index (χ2v) is 8.33. The number of amidine groups is 1. The van der Waals surface area contributed by atoms with Gasteiger partial charge in [0.2, 0.25) is 0 Å². The number of anilines is 1. The number of hydrogen-bond acceptors (Lipinski definition) is 3. The van der Waals surface area contributed by atoms with Gasteiger partial charge in [0, 0.05) is 35.9 Å². The predicted octanol–water partition coefficient (Wildman–Crippen LogP) is 5.30. The lowest BCUT2D eigenvalue weighted by molar-refractivity contribution is 0.124. The van der Waals surface area contributed by atoms with Crippen LogP contribution in [0, 0.1) is 5.41 Å². The van der Waals surface area contributed by atoms with Gasteiger partial charge in [-0.2, -0.15) is 0 Å². The molecule has 28 heavy (non-hydrogen) atoms. The normalized spacial score (nSPS) is 19.5. The maximum Gasteiger partial charge on any atom is 0.407 e. The predicted molar refractivity (Wildman–Crippen MR) is 114 cm³/mol. The molecule has 0 atom stereocenters. The molecule has 4 rings (SSSR count). The van der Waals surface area contributed by atoms with Gasteiger partial charge in [0.25, 0.3) is 0 Å². The zero-order valence-corrected chi connectivity index (χ0v) is 16.6. The maximum atomic E-state index is 11.2. The minimum Gasteiger partial charge on any atom is -0.465 e. The van der Waals surface area contributed by atoms with E-state index in [-0.39, 0.29) is 6.04 Å². The summed E-state index contributed by atoms with van der Waals surface area (Å²) >= 11 is 1.55. The molecular weight excluding hydrogens is 372 g/mol. The summed E-state index contributed by atoms with van der Waals surface area (Å²) in [6.07, 6.45) is 4.99. The van der Waals surface area contributed by atoms with E-state index in [2.05, 4.69) is 22.6 Å². The number of nitrogens with one attached hydrogen (secondary N) is 3. The van der Waals surface area contributed by atoms with Gasteiger partial charge in [-0.25, -0.2) is 4.79 Å². The van der Waals surface area contributed by atoms with Crippen LogP contribution in [0.15, 0.2) is 41.9 Å². The number of benzene rings is 1. The second-order valence-electron chi connectivity index (χ2n) is 7.38. The first kappa shape index (κ1) is 18.6. The van der Waals surface area contributed by atoms with E-state index in [4.69, 9.17) is 5.41 Å². The topological polar surface area (TPSA) is 92.2 Å². The summed E-state index contributed by atoms with van der Waals surface area (Å²) in [5.41, 5.74) is 3.29. The summed E-state index contributed by atoms with van der Waals surface area (Å²) in [4.78, 5) is 16.9. The zero-order valence-electron chi connectivity index (χ0n) is 15.7. The number of carboxylic acid groups (broad SMARTS) is 1. The molecule has 3 aromatic rings. The molecule has 0 bridgehead atoms. The molecular formula is C21H24N4O2S. The second kappa shape index (κ2) is 7.67. The first-order valence-electron chi connectivity index (χ1n) is 9.49. The molecule has 0 saturated heterocycles. The van der Waals surface area contributed by atoms with Crippen molar-refractivity contribution in [3.05, 3.63) is 52.3 Å². The van der Waals surface area contributed by atoms with Crippen LogP contribution in [0.25, 0.3) is 10.9 Å². The van der Waals surface area contributed by atoms with E-state index in [1.165, 1.54) is 15.8 Å². The summed E-state index contributed by atoms with van der Waals surface area (Å²) in [6.45, 7) is 0. The van der Waals surface area contributed by atoms with E-state index in [1.54, 1.807) is 18.4 Å². The standard InChI is InChI=1S/C21H24N4O2S/c1-25(21(26)27)15-7-4-13(5-8-15)17-12-23-18-9-6-14(11-16(17)18)24-20(22)19-3-2-10-28-19/h2-3,6,9-13,15,23H,4-5,7-8H2,1H3,(H2,22,24)(H,26,27). The van der Waals surface area contributed by atoms with Crippen LogP contribution < -0.4 is 5.32 Å². The van der Waals surface area contributed by atoms with Gasteiger partial charge >= 0.3 is 6.09 Å². The van der Waals surface area contributed by atoms with Crippen molar-refractivity contribution in [2.45, 2.75) is 37.6 Å². The van der Waals surface area contributed by atoms with Crippen LogP contribution in [0.5, 0.6) is 0 Å². The number of aromatic amines is 1. The molecule has 0 radical (unpaired) electrons. The minimum atomic E-state index is -0.848. The number of carbonyl (C=O) groups is 1. The van der Waals surface area contributed by atoms with Crippen LogP contribution in [0.1, 0.15) is 42.0 Å². The number of fused-ring (bicyclic) bond motifs is 1. The quantitative estimate of drug-likeness (QED) is 0.356. The van der Waals surface area contributed by atoms with Crippen LogP contribution in [0.2, 0.25) is 0 Å². The SMILES string of the molecule is CN(C(=O)O)C1CCC(c2c[nH]c3ccc(NC(=N)c4cccs4)cc23)CC1. The average Bonchev–Trinajstić information content (AvgIpc) is 3.37. The average molecular weight is 397 g/mol. The van der Waals surface area contributed by atoms with Gasteiger partial charge in [-0.15, -0.1) is 11.3 Å². The molecule has 4 N–H and O–H groups in total. The van der Waals surface area contributed by atoms with Crippen molar-refractivity contribution in [1.29, 1.82) is 5.41 Å². The molecule has 2 aromatic heterocycles. The molecule has 1 fully saturated rings. The Bertz CT molecular complexity index is 987. The Morgan fingerprint density at radius 2 is 2.07 bits per heavy atom. The summed E-state index contributed by atoms with van der Waals surface area (Å²) in [7, 11) is 1.67. The van der Waals surface area contributed by atoms with E-state index in [0.717, 1.165) is 41.8 Å². The number of H-pyrrole nitrogens is 1. The molecule has 1 aliphatic rings. The highest BCUT2D eigenvalue weighted by Gasteiger charge is 2.28. The van der Waals surface area contributed by atoms with E-state index in [1.807, 2.05) is 29.6 Å². The Labute approximate surface area is 167 Å². The number of aromatic nitrogens is 1. The lowest BCUT2D eigenvalue weighted by Gasteiger charge is -2.33. The lowest BCUT2D eigenvalue weighted by atomic mass is 9.81. The van der Waals surface area contributed by atoms with Gasteiger partial charge in [-0.05, 0) is 66.8 Å². The number of thiophene rings is 1. The summed E-state index contributed by atoms with van der Waals surface area (Å²) < 4.78 is 0. The summed E-state index contributed by atoms with van der Waals surface area (Å²) in [5.74, 6) is 0.836. The first-order valence-corrected chi connectivity index (χ1v) is 10.4. The fourth-order valence-corrected chi connectivity index (χ4v) is 4.74. The zero-order chi connectivity index (χ0) is 19.7. The first-order chi connectivity index (χ1) is 13.5. The molecule has 0 aliphatic heterocycles. The number of rotatable bonds is 4. The van der Waals surface area contributed by atoms with Crippen molar-refractivity contribution in [1.82, 2.24) is 9.88 Å². The molecule has 0 unspecified atom stereocenters. The van der Waals surface area contributed by atoms with Gasteiger partial charge in [0.15, 0.2) is 0 Å². The molecule has 7 heteroatoms. The Balaban J connectivity index is 1.51. The van der Waals surface area contributed by atoms with Gasteiger partial charge < -0.3 is 20.3 Å². The van der Waals surface area contributed by atoms with E-state index < -0.39 is 6.09 Å². The highest BCUT2D eigenvalue weighted by atomic mass is 32.1. The van der Waals surface area contributed by atoms with Crippen molar-refractivity contribution < 1.29 is 9.90 Å². The number of nitrogens with zero attached hydrogens (tertiary/aromatic N) is 1. The lowest BCUT2D eigenvalue weighted by Crippen LogP contribution is -2.38. The molecule has 146 valence electrons. The van der Waals surface area contributed by atoms with Crippen molar-refractivity contribution in [2.75, 3.05) is 12.4 Å². The highest BCUT2D eigenvalue weighted by Crippen LogP contribution is 2.38. The van der Waals surface area contributed by atoms with Crippen LogP contribution in [0.3, 0.4) is 0 Å². The Morgan fingerprint density at radius 3 is 2.75 bits per heavy atom. The monoisotopic (exact) mass is 396 g/mol. The molecule has 2 heterocycles. The third-order valence-electron chi connectivity index (χ3n) is 5.74. The van der Waals surface area contributed by atoms with Gasteiger partial charge in [-0.3, -0.25) is 5.41 Å². The smallest absolute Gasteiger partial charge is 0.407 e. The van der Waals surface area contributed by atoms with Crippen molar-refractivity contribution in [3.63, 3.8) is 0 Å². The van der Waals surface area contributed by atoms with Crippen molar-refractivity contribution >= 4 is 39.9 Å². The van der Waals surface area contributed by atoms with Crippen LogP contribution in [0.4, 0.5) is 10.5 Å². The van der Waals surface area contributed by atoms with Crippen molar-refractivity contribution in [3.8, 4) is 0 Å². The fourth-order valence-electron chi connectivity index (χ4n) is 4.11. The van der Waals surface area contributed by atoms with Crippen LogP contribution >= 0.6 is 11.3 Å². The maximum absolute atomic E-state index is 11.2. The minimum absolute atomic E-state index is 0.113. The van der Waals surface area contributed by atoms with Gasteiger partial charge in [0.1, 0.15) is 5.84 Å². The Morgan fingerprint density at radius 1 is 1.29 bits per heavy atom. The van der Waals surface area contributed by atoms with Crippen molar-refractivity contribution in [2.24, 2.45) is 0 Å².